The van der Waals surface area contributed by atoms with Gasteiger partial charge in [-0.1, -0.05) is 18.6 Å². The lowest BCUT2D eigenvalue weighted by Crippen LogP contribution is -2.36. The van der Waals surface area contributed by atoms with E-state index in [0.29, 0.717) is 38.5 Å². The zero-order valence-corrected chi connectivity index (χ0v) is 20.8. The number of hydrogen-bond donors (Lipinski definition) is 1. The molecule has 0 aliphatic carbocycles. The van der Waals surface area contributed by atoms with Gasteiger partial charge in [-0.05, 0) is 61.6 Å². The number of piperidine rings is 1. The van der Waals surface area contributed by atoms with Crippen LogP contribution in [0.3, 0.4) is 0 Å². The quantitative estimate of drug-likeness (QED) is 0.651. The van der Waals surface area contributed by atoms with Gasteiger partial charge in [0.2, 0.25) is 15.9 Å². The first kappa shape index (κ1) is 23.9. The number of benzene rings is 2. The van der Waals surface area contributed by atoms with Gasteiger partial charge in [-0.25, -0.2) is 8.42 Å². The number of rotatable bonds is 6. The molecule has 2 saturated heterocycles. The monoisotopic (exact) mass is 499 g/mol. The second-order valence-electron chi connectivity index (χ2n) is 9.35. The van der Waals surface area contributed by atoms with E-state index in [4.69, 9.17) is 9.47 Å². The standard InChI is InChI=1S/C26H33N3O5S/c30-26(19-27-21-7-4-8-22(18-21)35(31,32)28-12-2-1-3-13-28)29-14-5-9-23(29)20-10-11-24-25(17-20)34-16-6-15-33-24/h4,7-8,10-11,17-18,23,27H,1-3,5-6,9,12-16,19H2. The van der Waals surface area contributed by atoms with E-state index in [1.165, 1.54) is 0 Å². The summed E-state index contributed by atoms with van der Waals surface area (Å²) < 4.78 is 39.2. The fourth-order valence-corrected chi connectivity index (χ4v) is 6.66. The van der Waals surface area contributed by atoms with Crippen LogP contribution in [-0.2, 0) is 14.8 Å². The Morgan fingerprint density at radius 1 is 0.914 bits per heavy atom. The number of carbonyl (C=O) groups excluding carboxylic acids is 1. The number of anilines is 1. The highest BCUT2D eigenvalue weighted by Crippen LogP contribution is 2.38. The summed E-state index contributed by atoms with van der Waals surface area (Å²) in [6.07, 6.45) is 5.55. The first-order chi connectivity index (χ1) is 17.0. The van der Waals surface area contributed by atoms with Crippen LogP contribution in [0.25, 0.3) is 0 Å². The first-order valence-corrected chi connectivity index (χ1v) is 14.0. The van der Waals surface area contributed by atoms with E-state index in [0.717, 1.165) is 55.6 Å². The minimum atomic E-state index is -3.52. The van der Waals surface area contributed by atoms with Crippen molar-refractivity contribution in [3.8, 4) is 11.5 Å². The number of sulfonamides is 1. The van der Waals surface area contributed by atoms with Gasteiger partial charge in [0.1, 0.15) is 0 Å². The van der Waals surface area contributed by atoms with E-state index < -0.39 is 10.0 Å². The Balaban J connectivity index is 1.25. The molecule has 8 nitrogen and oxygen atoms in total. The van der Waals surface area contributed by atoms with Crippen LogP contribution in [0.2, 0.25) is 0 Å². The maximum atomic E-state index is 13.2. The zero-order chi connectivity index (χ0) is 24.3. The van der Waals surface area contributed by atoms with Gasteiger partial charge in [0, 0.05) is 31.7 Å². The summed E-state index contributed by atoms with van der Waals surface area (Å²) in [6, 6.07) is 12.7. The Hall–Kier alpha value is -2.78. The van der Waals surface area contributed by atoms with Crippen LogP contribution in [0.15, 0.2) is 47.4 Å². The fourth-order valence-electron chi connectivity index (χ4n) is 5.10. The van der Waals surface area contributed by atoms with Crippen LogP contribution in [0.1, 0.15) is 50.1 Å². The molecule has 3 aliphatic rings. The summed E-state index contributed by atoms with van der Waals surface area (Å²) in [5, 5.41) is 3.15. The molecule has 9 heteroatoms. The third kappa shape index (κ3) is 5.26. The molecule has 0 radical (unpaired) electrons. The second kappa shape index (κ2) is 10.5. The number of nitrogens with zero attached hydrogens (tertiary/aromatic N) is 2. The fraction of sp³-hybridized carbons (Fsp3) is 0.500. The molecule has 0 aromatic heterocycles. The molecule has 1 atom stereocenters. The number of ether oxygens (including phenoxy) is 2. The molecule has 5 rings (SSSR count). The minimum absolute atomic E-state index is 0.00716. The van der Waals surface area contributed by atoms with Crippen molar-refractivity contribution in [2.45, 2.75) is 49.5 Å². The van der Waals surface area contributed by atoms with Gasteiger partial charge in [0.05, 0.1) is 30.7 Å². The molecule has 2 fully saturated rings. The molecular weight excluding hydrogens is 466 g/mol. The Kier molecular flexibility index (Phi) is 7.15. The Morgan fingerprint density at radius 3 is 2.54 bits per heavy atom. The lowest BCUT2D eigenvalue weighted by molar-refractivity contribution is -0.130. The van der Waals surface area contributed by atoms with Crippen molar-refractivity contribution in [2.24, 2.45) is 0 Å². The van der Waals surface area contributed by atoms with Crippen LogP contribution in [0.5, 0.6) is 11.5 Å². The molecule has 0 bridgehead atoms. The number of amides is 1. The molecule has 1 N–H and O–H groups in total. The van der Waals surface area contributed by atoms with Gasteiger partial charge >= 0.3 is 0 Å². The Bertz CT molecular complexity index is 1160. The SMILES string of the molecule is O=C(CNc1cccc(S(=O)(=O)N2CCCCC2)c1)N1CCCC1c1ccc2c(c1)OCCCO2. The van der Waals surface area contributed by atoms with Crippen LogP contribution in [-0.4, -0.2) is 62.9 Å². The zero-order valence-electron chi connectivity index (χ0n) is 19.9. The van der Waals surface area contributed by atoms with Crippen molar-refractivity contribution in [1.82, 2.24) is 9.21 Å². The summed E-state index contributed by atoms with van der Waals surface area (Å²) in [4.78, 5) is 15.3. The molecule has 35 heavy (non-hydrogen) atoms. The normalized spacial score (nSPS) is 20.9. The lowest BCUT2D eigenvalue weighted by atomic mass is 10.0. The topological polar surface area (TPSA) is 88.2 Å². The van der Waals surface area contributed by atoms with Crippen LogP contribution in [0, 0.1) is 0 Å². The van der Waals surface area contributed by atoms with Gasteiger partial charge in [0.15, 0.2) is 11.5 Å². The van der Waals surface area contributed by atoms with Gasteiger partial charge in [-0.2, -0.15) is 4.31 Å². The van der Waals surface area contributed by atoms with Crippen LogP contribution in [0.4, 0.5) is 5.69 Å². The third-order valence-electron chi connectivity index (χ3n) is 6.96. The predicted molar refractivity (Wildman–Crippen MR) is 133 cm³/mol. The number of carbonyl (C=O) groups is 1. The van der Waals surface area contributed by atoms with Crippen molar-refractivity contribution in [3.05, 3.63) is 48.0 Å². The second-order valence-corrected chi connectivity index (χ2v) is 11.3. The van der Waals surface area contributed by atoms with E-state index in [9.17, 15) is 13.2 Å². The van der Waals surface area contributed by atoms with Crippen molar-refractivity contribution >= 4 is 21.6 Å². The molecule has 1 unspecified atom stereocenters. The smallest absolute Gasteiger partial charge is 0.243 e. The molecule has 3 aliphatic heterocycles. The third-order valence-corrected chi connectivity index (χ3v) is 8.85. The number of fused-ring (bicyclic) bond motifs is 1. The van der Waals surface area contributed by atoms with Gasteiger partial charge in [-0.3, -0.25) is 4.79 Å². The number of nitrogens with one attached hydrogen (secondary N) is 1. The predicted octanol–water partition coefficient (Wildman–Crippen LogP) is 3.80. The maximum Gasteiger partial charge on any atom is 0.243 e. The molecule has 0 spiro atoms. The first-order valence-electron chi connectivity index (χ1n) is 12.6. The average molecular weight is 500 g/mol. The molecule has 2 aromatic carbocycles. The maximum absolute atomic E-state index is 13.2. The molecule has 188 valence electrons. The van der Waals surface area contributed by atoms with Crippen molar-refractivity contribution < 1.29 is 22.7 Å². The van der Waals surface area contributed by atoms with Gasteiger partial charge < -0.3 is 19.7 Å². The van der Waals surface area contributed by atoms with Crippen molar-refractivity contribution in [1.29, 1.82) is 0 Å². The van der Waals surface area contributed by atoms with E-state index in [-0.39, 0.29) is 23.4 Å². The Labute approximate surface area is 207 Å². The molecule has 3 heterocycles. The molecule has 2 aromatic rings. The number of likely N-dealkylation sites (tertiary alicyclic amines) is 1. The van der Waals surface area contributed by atoms with Crippen molar-refractivity contribution in [2.75, 3.05) is 44.7 Å². The van der Waals surface area contributed by atoms with E-state index >= 15 is 0 Å². The summed E-state index contributed by atoms with van der Waals surface area (Å²) >= 11 is 0. The van der Waals surface area contributed by atoms with E-state index in [1.807, 2.05) is 23.1 Å². The number of hydrogen-bond acceptors (Lipinski definition) is 6. The van der Waals surface area contributed by atoms with Crippen molar-refractivity contribution in [3.63, 3.8) is 0 Å². The highest BCUT2D eigenvalue weighted by atomic mass is 32.2. The molecular formula is C26H33N3O5S. The van der Waals surface area contributed by atoms with Gasteiger partial charge in [0.25, 0.3) is 0 Å². The van der Waals surface area contributed by atoms with Gasteiger partial charge in [-0.15, -0.1) is 0 Å². The highest BCUT2D eigenvalue weighted by Gasteiger charge is 2.31. The minimum Gasteiger partial charge on any atom is -0.490 e. The summed E-state index contributed by atoms with van der Waals surface area (Å²) in [5.41, 5.74) is 1.68. The summed E-state index contributed by atoms with van der Waals surface area (Å²) in [7, 11) is -3.52. The highest BCUT2D eigenvalue weighted by molar-refractivity contribution is 7.89. The van der Waals surface area contributed by atoms with E-state index in [1.54, 1.807) is 28.6 Å². The van der Waals surface area contributed by atoms with Crippen LogP contribution >= 0.6 is 0 Å². The Morgan fingerprint density at radius 2 is 1.71 bits per heavy atom. The summed E-state index contributed by atoms with van der Waals surface area (Å²) in [5.74, 6) is 1.48. The lowest BCUT2D eigenvalue weighted by Gasteiger charge is -2.27. The largest absolute Gasteiger partial charge is 0.490 e. The van der Waals surface area contributed by atoms with Crippen LogP contribution < -0.4 is 14.8 Å². The van der Waals surface area contributed by atoms with E-state index in [2.05, 4.69) is 5.32 Å². The molecule has 0 saturated carbocycles. The average Bonchev–Trinajstić information content (AvgIpc) is 3.27. The summed E-state index contributed by atoms with van der Waals surface area (Å²) in [6.45, 7) is 3.20. The molecule has 1 amide bonds.